The van der Waals surface area contributed by atoms with Crippen LogP contribution in [0.1, 0.15) is 22.6 Å². The summed E-state index contributed by atoms with van der Waals surface area (Å²) in [5.74, 6) is 0.0938. The van der Waals surface area contributed by atoms with Gasteiger partial charge < -0.3 is 13.7 Å². The van der Waals surface area contributed by atoms with E-state index in [1.54, 1.807) is 0 Å². The van der Waals surface area contributed by atoms with Crippen molar-refractivity contribution in [2.45, 2.75) is 5.92 Å². The number of rotatable bonds is 6. The molecule has 3 nitrogen and oxygen atoms in total. The Labute approximate surface area is 334 Å². The standard InChI is InChI=1S/C55H35N3/c1-5-17-35(18-6-1)51(36-19-7-2-8-20-36)43-30-29-39-44-33-50-45(34-49(44)57-46-27-15-13-25-41(46)52(43)54(39)57)40-31-32-48(53-42-26-14-16-28-47(42)58(50)55(40)53)56(37-21-9-3-10-22-37)38-23-11-4-12-24-38/h1-34,51H. The fraction of sp³-hybridized carbons (Fsp3) is 0.0182. The molecular weight excluding hydrogens is 703 g/mol. The van der Waals surface area contributed by atoms with E-state index in [1.165, 1.54) is 98.6 Å². The summed E-state index contributed by atoms with van der Waals surface area (Å²) in [6, 6.07) is 75.9. The summed E-state index contributed by atoms with van der Waals surface area (Å²) < 4.78 is 5.08. The van der Waals surface area contributed by atoms with Gasteiger partial charge in [0, 0.05) is 60.4 Å². The molecule has 0 bridgehead atoms. The summed E-state index contributed by atoms with van der Waals surface area (Å²) in [4.78, 5) is 2.41. The van der Waals surface area contributed by atoms with Crippen LogP contribution >= 0.6 is 0 Å². The van der Waals surface area contributed by atoms with Gasteiger partial charge in [0.2, 0.25) is 0 Å². The predicted octanol–water partition coefficient (Wildman–Crippen LogP) is 14.6. The molecule has 0 aliphatic rings. The van der Waals surface area contributed by atoms with Gasteiger partial charge in [0.05, 0.1) is 38.8 Å². The van der Waals surface area contributed by atoms with Gasteiger partial charge in [0.15, 0.2) is 0 Å². The van der Waals surface area contributed by atoms with Crippen molar-refractivity contribution in [2.24, 2.45) is 0 Å². The number of anilines is 3. The van der Waals surface area contributed by atoms with Crippen molar-refractivity contribution in [3.8, 4) is 0 Å². The molecule has 0 saturated carbocycles. The first-order valence-corrected chi connectivity index (χ1v) is 20.2. The maximum atomic E-state index is 2.55. The fourth-order valence-electron chi connectivity index (χ4n) is 10.4. The molecule has 13 rings (SSSR count). The molecule has 0 spiro atoms. The molecule has 13 aromatic rings. The van der Waals surface area contributed by atoms with Crippen LogP contribution in [-0.4, -0.2) is 8.80 Å². The second-order valence-electron chi connectivity index (χ2n) is 15.6. The van der Waals surface area contributed by atoms with Gasteiger partial charge in [0.25, 0.3) is 0 Å². The van der Waals surface area contributed by atoms with Gasteiger partial charge in [-0.2, -0.15) is 0 Å². The largest absolute Gasteiger partial charge is 0.310 e. The third-order valence-corrected chi connectivity index (χ3v) is 12.7. The van der Waals surface area contributed by atoms with Gasteiger partial charge in [0.1, 0.15) is 0 Å². The molecule has 270 valence electrons. The average molecular weight is 738 g/mol. The predicted molar refractivity (Wildman–Crippen MR) is 244 cm³/mol. The number of fused-ring (bicyclic) bond motifs is 12. The van der Waals surface area contributed by atoms with Crippen molar-refractivity contribution in [1.29, 1.82) is 0 Å². The Bertz CT molecular complexity index is 3330. The molecule has 4 aromatic heterocycles. The maximum absolute atomic E-state index is 2.55. The number of hydrogen-bond acceptors (Lipinski definition) is 1. The summed E-state index contributed by atoms with van der Waals surface area (Å²) >= 11 is 0. The lowest BCUT2D eigenvalue weighted by molar-refractivity contribution is 0.991. The molecule has 0 saturated heterocycles. The van der Waals surface area contributed by atoms with Crippen LogP contribution < -0.4 is 4.90 Å². The van der Waals surface area contributed by atoms with E-state index < -0.39 is 0 Å². The van der Waals surface area contributed by atoms with Crippen molar-refractivity contribution < 1.29 is 0 Å². The zero-order valence-corrected chi connectivity index (χ0v) is 31.5. The average Bonchev–Trinajstić information content (AvgIpc) is 4.02. The van der Waals surface area contributed by atoms with E-state index in [-0.39, 0.29) is 5.92 Å². The van der Waals surface area contributed by atoms with Crippen molar-refractivity contribution in [3.05, 3.63) is 223 Å². The first-order chi connectivity index (χ1) is 28.8. The molecule has 0 aliphatic heterocycles. The van der Waals surface area contributed by atoms with Crippen molar-refractivity contribution in [2.75, 3.05) is 4.90 Å². The number of aromatic nitrogens is 2. The van der Waals surface area contributed by atoms with Crippen LogP contribution in [0, 0.1) is 0 Å². The van der Waals surface area contributed by atoms with Gasteiger partial charge in [-0.05, 0) is 71.3 Å². The minimum Gasteiger partial charge on any atom is -0.310 e. The molecular formula is C55H35N3. The highest BCUT2D eigenvalue weighted by atomic mass is 15.1. The minimum atomic E-state index is 0.0938. The zero-order chi connectivity index (χ0) is 37.9. The topological polar surface area (TPSA) is 12.1 Å². The van der Waals surface area contributed by atoms with Gasteiger partial charge in [-0.3, -0.25) is 0 Å². The van der Waals surface area contributed by atoms with Crippen LogP contribution in [0.3, 0.4) is 0 Å². The number of hydrogen-bond donors (Lipinski definition) is 0. The molecule has 0 radical (unpaired) electrons. The van der Waals surface area contributed by atoms with E-state index in [0.29, 0.717) is 0 Å². The molecule has 3 heteroatoms. The molecule has 0 amide bonds. The Hall–Kier alpha value is -7.62. The fourth-order valence-corrected chi connectivity index (χ4v) is 10.4. The van der Waals surface area contributed by atoms with E-state index in [9.17, 15) is 0 Å². The smallest absolute Gasteiger partial charge is 0.0641 e. The Kier molecular flexibility index (Phi) is 6.50. The lowest BCUT2D eigenvalue weighted by atomic mass is 9.82. The van der Waals surface area contributed by atoms with E-state index in [0.717, 1.165) is 11.4 Å². The lowest BCUT2D eigenvalue weighted by Crippen LogP contribution is -2.10. The molecule has 0 aliphatic carbocycles. The summed E-state index contributed by atoms with van der Waals surface area (Å²) in [7, 11) is 0. The van der Waals surface area contributed by atoms with E-state index in [2.05, 4.69) is 220 Å². The van der Waals surface area contributed by atoms with Gasteiger partial charge in [-0.1, -0.05) is 152 Å². The Morgan fingerprint density at radius 1 is 0.328 bits per heavy atom. The van der Waals surface area contributed by atoms with Crippen LogP contribution in [0.4, 0.5) is 17.1 Å². The highest BCUT2D eigenvalue weighted by Crippen LogP contribution is 2.50. The Morgan fingerprint density at radius 3 is 1.29 bits per heavy atom. The minimum absolute atomic E-state index is 0.0938. The molecule has 9 aromatic carbocycles. The quantitative estimate of drug-likeness (QED) is 0.155. The normalized spacial score (nSPS) is 12.3. The molecule has 0 atom stereocenters. The highest BCUT2D eigenvalue weighted by Gasteiger charge is 2.28. The summed E-state index contributed by atoms with van der Waals surface area (Å²) in [6.07, 6.45) is 0. The number of benzene rings is 9. The summed E-state index contributed by atoms with van der Waals surface area (Å²) in [5, 5.41) is 10.3. The van der Waals surface area contributed by atoms with Gasteiger partial charge in [-0.25, -0.2) is 0 Å². The molecule has 0 N–H and O–H groups in total. The SMILES string of the molecule is c1ccc(C(c2ccccc2)c2ccc3c4cc5c(cc4n4c6ccccc6c2c34)c2ccc(N(c3ccccc3)c3ccccc3)c3c4ccccc4n5c23)cc1. The summed E-state index contributed by atoms with van der Waals surface area (Å²) in [5.41, 5.74) is 14.9. The van der Waals surface area contributed by atoms with Crippen LogP contribution in [-0.2, 0) is 0 Å². The van der Waals surface area contributed by atoms with E-state index >= 15 is 0 Å². The second kappa shape index (κ2) is 11.9. The zero-order valence-electron chi connectivity index (χ0n) is 31.5. The van der Waals surface area contributed by atoms with Crippen molar-refractivity contribution >= 4 is 93.3 Å². The monoisotopic (exact) mass is 737 g/mol. The summed E-state index contributed by atoms with van der Waals surface area (Å²) in [6.45, 7) is 0. The molecule has 0 fully saturated rings. The third-order valence-electron chi connectivity index (χ3n) is 12.7. The highest BCUT2D eigenvalue weighted by molar-refractivity contribution is 6.31. The maximum Gasteiger partial charge on any atom is 0.0641 e. The lowest BCUT2D eigenvalue weighted by Gasteiger charge is -2.26. The molecule has 4 heterocycles. The first-order valence-electron chi connectivity index (χ1n) is 20.2. The van der Waals surface area contributed by atoms with Crippen LogP contribution in [0.2, 0.25) is 0 Å². The Morgan fingerprint density at radius 2 is 0.759 bits per heavy atom. The second-order valence-corrected chi connectivity index (χ2v) is 15.6. The molecule has 58 heavy (non-hydrogen) atoms. The van der Waals surface area contributed by atoms with E-state index in [4.69, 9.17) is 0 Å². The van der Waals surface area contributed by atoms with Crippen LogP contribution in [0.15, 0.2) is 206 Å². The molecule has 0 unspecified atom stereocenters. The van der Waals surface area contributed by atoms with Gasteiger partial charge >= 0.3 is 0 Å². The third kappa shape index (κ3) is 4.22. The van der Waals surface area contributed by atoms with Crippen LogP contribution in [0.25, 0.3) is 76.2 Å². The number of para-hydroxylation sites is 4. The Balaban J connectivity index is 1.14. The van der Waals surface area contributed by atoms with Gasteiger partial charge in [-0.15, -0.1) is 0 Å². The first kappa shape index (κ1) is 31.6. The number of nitrogens with zero attached hydrogens (tertiary/aromatic N) is 3. The van der Waals surface area contributed by atoms with Crippen molar-refractivity contribution in [3.63, 3.8) is 0 Å². The van der Waals surface area contributed by atoms with E-state index in [1.807, 2.05) is 0 Å². The van der Waals surface area contributed by atoms with Crippen molar-refractivity contribution in [1.82, 2.24) is 8.80 Å². The van der Waals surface area contributed by atoms with Crippen LogP contribution in [0.5, 0.6) is 0 Å².